The third-order valence-corrected chi connectivity index (χ3v) is 4.97. The number of nitrogens with one attached hydrogen (secondary N) is 2. The number of aromatic nitrogens is 2. The molecule has 2 atom stereocenters. The zero-order chi connectivity index (χ0) is 16.7. The van der Waals surface area contributed by atoms with Gasteiger partial charge in [0.15, 0.2) is 0 Å². The molecule has 4 rings (SSSR count). The second kappa shape index (κ2) is 6.15. The van der Waals surface area contributed by atoms with Gasteiger partial charge >= 0.3 is 11.4 Å². The van der Waals surface area contributed by atoms with Crippen LogP contribution in [0, 0.1) is 0 Å². The molecule has 2 aliphatic heterocycles. The van der Waals surface area contributed by atoms with Gasteiger partial charge in [-0.05, 0) is 25.0 Å². The van der Waals surface area contributed by atoms with E-state index in [2.05, 4.69) is 15.3 Å². The van der Waals surface area contributed by atoms with Crippen LogP contribution in [0.5, 0.6) is 0 Å². The van der Waals surface area contributed by atoms with Gasteiger partial charge in [0, 0.05) is 37.1 Å². The van der Waals surface area contributed by atoms with Gasteiger partial charge in [-0.15, -0.1) is 0 Å². The van der Waals surface area contributed by atoms with Crippen LogP contribution in [-0.4, -0.2) is 50.4 Å². The molecule has 0 spiro atoms. The molecule has 0 aromatic carbocycles. The summed E-state index contributed by atoms with van der Waals surface area (Å²) >= 11 is -2.25. The van der Waals surface area contributed by atoms with Crippen molar-refractivity contribution in [1.82, 2.24) is 15.3 Å². The van der Waals surface area contributed by atoms with Crippen LogP contribution >= 0.6 is 0 Å². The molecule has 128 valence electrons. The number of H-pyrrole nitrogens is 1. The molecule has 2 aliphatic rings. The van der Waals surface area contributed by atoms with Crippen LogP contribution in [0.15, 0.2) is 12.1 Å². The van der Waals surface area contributed by atoms with E-state index in [0.29, 0.717) is 24.3 Å². The fourth-order valence-corrected chi connectivity index (χ4v) is 3.86. The first-order chi connectivity index (χ1) is 11.6. The van der Waals surface area contributed by atoms with Crippen molar-refractivity contribution in [3.63, 3.8) is 0 Å². The molecule has 8 nitrogen and oxygen atoms in total. The summed E-state index contributed by atoms with van der Waals surface area (Å²) in [6, 6.07) is 3.79. The zero-order valence-electron chi connectivity index (χ0n) is 12.9. The molecule has 2 aromatic heterocycles. The molecule has 0 saturated carbocycles. The lowest BCUT2D eigenvalue weighted by molar-refractivity contribution is 0.0947. The number of piperidine rings is 1. The number of nitrogens with zero attached hydrogens (tertiary/aromatic N) is 2. The average molecular weight is 350 g/mol. The van der Waals surface area contributed by atoms with Gasteiger partial charge in [0.25, 0.3) is 5.91 Å². The van der Waals surface area contributed by atoms with Crippen molar-refractivity contribution in [1.29, 1.82) is 0 Å². The minimum atomic E-state index is -2.25. The third kappa shape index (κ3) is 2.79. The number of anilines is 1. The summed E-state index contributed by atoms with van der Waals surface area (Å²) in [5.74, 6) is 0.715. The Kier molecular flexibility index (Phi) is 3.99. The summed E-state index contributed by atoms with van der Waals surface area (Å²) in [6.07, 6.45) is 2.10. The minimum Gasteiger partial charge on any atom is -0.354 e. The molecule has 24 heavy (non-hydrogen) atoms. The number of hydrogen-bond acceptors (Lipinski definition) is 5. The molecule has 0 radical (unpaired) electrons. The van der Waals surface area contributed by atoms with E-state index in [1.807, 2.05) is 17.0 Å². The average Bonchev–Trinajstić information content (AvgIpc) is 2.93. The third-order valence-electron chi connectivity index (χ3n) is 4.53. The normalized spacial score (nSPS) is 22.3. The first-order valence-corrected chi connectivity index (χ1v) is 8.98. The van der Waals surface area contributed by atoms with Crippen LogP contribution in [0.3, 0.4) is 0 Å². The number of amides is 1. The van der Waals surface area contributed by atoms with Gasteiger partial charge in [-0.2, -0.15) is 4.21 Å². The molecule has 0 aliphatic carbocycles. The van der Waals surface area contributed by atoms with Gasteiger partial charge in [0.2, 0.25) is 0 Å². The molecular weight excluding hydrogens is 332 g/mol. The minimum absolute atomic E-state index is 0.0612. The second-order valence-corrected chi connectivity index (χ2v) is 6.70. The van der Waals surface area contributed by atoms with Crippen LogP contribution in [0.4, 0.5) is 5.82 Å². The van der Waals surface area contributed by atoms with E-state index in [1.54, 1.807) is 0 Å². The van der Waals surface area contributed by atoms with E-state index in [9.17, 15) is 9.00 Å². The SMILES string of the molecule is O=C1NCCc2[nH]c3nc(N4CCC[C@H](OS(=O)O)C4)ccc3c21. The Balaban J connectivity index is 1.63. The molecule has 0 bridgehead atoms. The molecule has 9 heteroatoms. The van der Waals surface area contributed by atoms with Crippen LogP contribution in [0.25, 0.3) is 11.0 Å². The highest BCUT2D eigenvalue weighted by Crippen LogP contribution is 2.27. The Hall–Kier alpha value is -1.97. The summed E-state index contributed by atoms with van der Waals surface area (Å²) in [6.45, 7) is 1.97. The maximum atomic E-state index is 12.1. The molecule has 2 aromatic rings. The van der Waals surface area contributed by atoms with Gasteiger partial charge in [0.05, 0.1) is 11.7 Å². The number of carbonyl (C=O) groups excluding carboxylic acids is 1. The van der Waals surface area contributed by atoms with Crippen LogP contribution < -0.4 is 10.2 Å². The Morgan fingerprint density at radius 2 is 2.29 bits per heavy atom. The predicted molar refractivity (Wildman–Crippen MR) is 89.2 cm³/mol. The quantitative estimate of drug-likeness (QED) is 0.712. The highest BCUT2D eigenvalue weighted by atomic mass is 32.2. The Labute approximate surface area is 141 Å². The summed E-state index contributed by atoms with van der Waals surface area (Å²) in [5.41, 5.74) is 2.31. The molecular formula is C15H18N4O4S. The van der Waals surface area contributed by atoms with Crippen LogP contribution in [0.2, 0.25) is 0 Å². The maximum absolute atomic E-state index is 12.1. The first kappa shape index (κ1) is 15.6. The molecule has 1 saturated heterocycles. The van der Waals surface area contributed by atoms with E-state index in [1.165, 1.54) is 0 Å². The first-order valence-electron chi connectivity index (χ1n) is 7.94. The maximum Gasteiger partial charge on any atom is 0.302 e. The summed E-state index contributed by atoms with van der Waals surface area (Å²) < 4.78 is 24.7. The van der Waals surface area contributed by atoms with Crippen LogP contribution in [0.1, 0.15) is 28.9 Å². The standard InChI is InChI=1S/C15H18N4O4S/c20-15-13-10-3-4-12(18-14(10)17-11(13)5-6-16-15)19-7-1-2-9(8-19)23-24(21)22/h3-4,9H,1-2,5-8H2,(H,16,20)(H,17,18)(H,21,22)/t9-/m0/s1. The van der Waals surface area contributed by atoms with Crippen molar-refractivity contribution in [3.05, 3.63) is 23.4 Å². The second-order valence-electron chi connectivity index (χ2n) is 6.07. The predicted octanol–water partition coefficient (Wildman–Crippen LogP) is 0.971. The monoisotopic (exact) mass is 350 g/mol. The molecule has 4 heterocycles. The Morgan fingerprint density at radius 3 is 3.12 bits per heavy atom. The highest BCUT2D eigenvalue weighted by molar-refractivity contribution is 7.74. The fraction of sp³-hybridized carbons (Fsp3) is 0.467. The van der Waals surface area contributed by atoms with Gasteiger partial charge in [0.1, 0.15) is 11.5 Å². The lowest BCUT2D eigenvalue weighted by atomic mass is 10.1. The van der Waals surface area contributed by atoms with Crippen molar-refractivity contribution in [3.8, 4) is 0 Å². The van der Waals surface area contributed by atoms with E-state index in [-0.39, 0.29) is 12.0 Å². The summed E-state index contributed by atoms with van der Waals surface area (Å²) in [4.78, 5) is 22.0. The highest BCUT2D eigenvalue weighted by Gasteiger charge is 2.26. The number of fused-ring (bicyclic) bond motifs is 3. The van der Waals surface area contributed by atoms with Crippen LogP contribution in [-0.2, 0) is 22.0 Å². The van der Waals surface area contributed by atoms with Gasteiger partial charge < -0.3 is 15.2 Å². The van der Waals surface area contributed by atoms with E-state index < -0.39 is 11.4 Å². The van der Waals surface area contributed by atoms with Crippen molar-refractivity contribution >= 4 is 34.1 Å². The lowest BCUT2D eigenvalue weighted by Crippen LogP contribution is -2.40. The number of aromatic amines is 1. The number of pyridine rings is 1. The Morgan fingerprint density at radius 1 is 1.42 bits per heavy atom. The molecule has 1 fully saturated rings. The van der Waals surface area contributed by atoms with Gasteiger partial charge in [-0.3, -0.25) is 13.5 Å². The van der Waals surface area contributed by atoms with Gasteiger partial charge in [-0.25, -0.2) is 4.98 Å². The molecule has 1 amide bonds. The number of carbonyl (C=O) groups is 1. The van der Waals surface area contributed by atoms with E-state index in [0.717, 1.165) is 42.7 Å². The molecule has 3 N–H and O–H groups in total. The number of rotatable bonds is 3. The largest absolute Gasteiger partial charge is 0.354 e. The summed E-state index contributed by atoms with van der Waals surface area (Å²) in [5, 5.41) is 3.68. The topological polar surface area (TPSA) is 108 Å². The van der Waals surface area contributed by atoms with Crippen molar-refractivity contribution < 1.29 is 17.7 Å². The van der Waals surface area contributed by atoms with Gasteiger partial charge in [-0.1, -0.05) is 0 Å². The zero-order valence-corrected chi connectivity index (χ0v) is 13.8. The fourth-order valence-electron chi connectivity index (χ4n) is 3.47. The van der Waals surface area contributed by atoms with Crippen molar-refractivity contribution in [2.24, 2.45) is 0 Å². The van der Waals surface area contributed by atoms with E-state index >= 15 is 0 Å². The lowest BCUT2D eigenvalue weighted by Gasteiger charge is -2.32. The number of hydrogen-bond donors (Lipinski definition) is 3. The molecule has 1 unspecified atom stereocenters. The van der Waals surface area contributed by atoms with Crippen molar-refractivity contribution in [2.75, 3.05) is 24.5 Å². The smallest absolute Gasteiger partial charge is 0.302 e. The Bertz CT molecular complexity index is 821. The van der Waals surface area contributed by atoms with Crippen molar-refractivity contribution in [2.45, 2.75) is 25.4 Å². The summed E-state index contributed by atoms with van der Waals surface area (Å²) in [7, 11) is 0. The van der Waals surface area contributed by atoms with E-state index in [4.69, 9.17) is 8.74 Å².